The van der Waals surface area contributed by atoms with Gasteiger partial charge in [0.05, 0.1) is 0 Å². The Morgan fingerprint density at radius 1 is 1.23 bits per heavy atom. The highest BCUT2D eigenvalue weighted by Crippen LogP contribution is 2.10. The molecule has 1 nitrogen and oxygen atoms in total. The zero-order valence-electron chi connectivity index (χ0n) is 9.98. The normalized spacial score (nSPS) is 10.8. The molecule has 1 heteroatoms. The van der Waals surface area contributed by atoms with Crippen molar-refractivity contribution in [2.75, 3.05) is 0 Å². The van der Waals surface area contributed by atoms with Crippen LogP contribution in [0.5, 0.6) is 0 Å². The van der Waals surface area contributed by atoms with Crippen molar-refractivity contribution < 1.29 is 4.79 Å². The van der Waals surface area contributed by atoms with E-state index in [2.05, 4.69) is 6.92 Å². The lowest BCUT2D eigenvalue weighted by molar-refractivity contribution is -0.118. The number of Topliss-reactive ketones (excluding diaryl/α,β-unsaturated/α-hetero) is 1. The molecule has 0 atom stereocenters. The van der Waals surface area contributed by atoms with Crippen LogP contribution in [0.4, 0.5) is 0 Å². The molecule has 0 rings (SSSR count). The lowest BCUT2D eigenvalue weighted by Crippen LogP contribution is -2.09. The molecule has 0 unspecified atom stereocenters. The van der Waals surface area contributed by atoms with Crippen molar-refractivity contribution in [3.8, 4) is 0 Å². The SMILES string of the molecule is CC.CC/C=C(\CC)C(=O)C(C)C. The van der Waals surface area contributed by atoms with Crippen LogP contribution < -0.4 is 0 Å². The maximum Gasteiger partial charge on any atom is 0.161 e. The Morgan fingerprint density at radius 2 is 1.69 bits per heavy atom. The number of carbonyl (C=O) groups excluding carboxylic acids is 1. The van der Waals surface area contributed by atoms with Gasteiger partial charge in [-0.05, 0) is 18.4 Å². The molecule has 0 aliphatic heterocycles. The van der Waals surface area contributed by atoms with E-state index in [9.17, 15) is 4.79 Å². The first-order valence-corrected chi connectivity index (χ1v) is 5.36. The van der Waals surface area contributed by atoms with Crippen LogP contribution >= 0.6 is 0 Å². The van der Waals surface area contributed by atoms with E-state index < -0.39 is 0 Å². The molecular formula is C12H24O. The first kappa shape index (κ1) is 14.9. The molecule has 0 aromatic heterocycles. The van der Waals surface area contributed by atoms with Crippen molar-refractivity contribution in [1.82, 2.24) is 0 Å². The quantitative estimate of drug-likeness (QED) is 0.604. The van der Waals surface area contributed by atoms with Crippen LogP contribution in [0.2, 0.25) is 0 Å². The molecule has 0 aromatic rings. The fraction of sp³-hybridized carbons (Fsp3) is 0.750. The number of hydrogen-bond donors (Lipinski definition) is 0. The highest BCUT2D eigenvalue weighted by Gasteiger charge is 2.10. The van der Waals surface area contributed by atoms with Gasteiger partial charge in [-0.2, -0.15) is 0 Å². The largest absolute Gasteiger partial charge is 0.294 e. The summed E-state index contributed by atoms with van der Waals surface area (Å²) in [6, 6.07) is 0. The van der Waals surface area contributed by atoms with E-state index in [1.807, 2.05) is 40.7 Å². The van der Waals surface area contributed by atoms with E-state index in [1.54, 1.807) is 0 Å². The Kier molecular flexibility index (Phi) is 10.9. The van der Waals surface area contributed by atoms with Crippen LogP contribution in [-0.4, -0.2) is 5.78 Å². The maximum atomic E-state index is 11.4. The molecule has 0 N–H and O–H groups in total. The fourth-order valence-corrected chi connectivity index (χ4v) is 1.04. The van der Waals surface area contributed by atoms with Crippen LogP contribution in [-0.2, 0) is 4.79 Å². The van der Waals surface area contributed by atoms with Crippen LogP contribution in [0.25, 0.3) is 0 Å². The standard InChI is InChI=1S/C10H18O.C2H6/c1-5-7-9(6-2)10(11)8(3)4;1-2/h7-8H,5-6H2,1-4H3;1-2H3/b9-7+;. The van der Waals surface area contributed by atoms with Crippen molar-refractivity contribution in [3.05, 3.63) is 11.6 Å². The van der Waals surface area contributed by atoms with Crippen molar-refractivity contribution in [1.29, 1.82) is 0 Å². The van der Waals surface area contributed by atoms with Crippen molar-refractivity contribution in [2.45, 2.75) is 54.4 Å². The Balaban J connectivity index is 0. The summed E-state index contributed by atoms with van der Waals surface area (Å²) < 4.78 is 0. The molecule has 0 fully saturated rings. The maximum absolute atomic E-state index is 11.4. The van der Waals surface area contributed by atoms with Gasteiger partial charge >= 0.3 is 0 Å². The Bertz CT molecular complexity index is 155. The summed E-state index contributed by atoms with van der Waals surface area (Å²) in [6.07, 6.45) is 3.86. The number of rotatable bonds is 4. The third-order valence-corrected chi connectivity index (χ3v) is 1.67. The second-order valence-corrected chi connectivity index (χ2v) is 3.01. The average molecular weight is 184 g/mol. The lowest BCUT2D eigenvalue weighted by Gasteiger charge is -2.05. The average Bonchev–Trinajstić information content (AvgIpc) is 2.16. The van der Waals surface area contributed by atoms with Gasteiger partial charge in [0, 0.05) is 5.92 Å². The molecule has 78 valence electrons. The monoisotopic (exact) mass is 184 g/mol. The summed E-state index contributed by atoms with van der Waals surface area (Å²) >= 11 is 0. The molecule has 0 saturated carbocycles. The predicted octanol–water partition coefficient (Wildman–Crippen LogP) is 3.98. The predicted molar refractivity (Wildman–Crippen MR) is 59.9 cm³/mol. The van der Waals surface area contributed by atoms with Gasteiger partial charge in [0.2, 0.25) is 0 Å². The summed E-state index contributed by atoms with van der Waals surface area (Å²) in [6.45, 7) is 12.0. The molecule has 0 heterocycles. The first-order valence-electron chi connectivity index (χ1n) is 5.36. The number of carbonyl (C=O) groups is 1. The van der Waals surface area contributed by atoms with Gasteiger partial charge in [-0.1, -0.05) is 47.6 Å². The molecule has 0 spiro atoms. The molecular weight excluding hydrogens is 160 g/mol. The van der Waals surface area contributed by atoms with Gasteiger partial charge in [-0.15, -0.1) is 0 Å². The smallest absolute Gasteiger partial charge is 0.161 e. The van der Waals surface area contributed by atoms with E-state index in [0.717, 1.165) is 18.4 Å². The molecule has 13 heavy (non-hydrogen) atoms. The summed E-state index contributed by atoms with van der Waals surface area (Å²) in [5.41, 5.74) is 0.988. The van der Waals surface area contributed by atoms with Crippen LogP contribution in [0, 0.1) is 5.92 Å². The van der Waals surface area contributed by atoms with Crippen LogP contribution in [0.15, 0.2) is 11.6 Å². The van der Waals surface area contributed by atoms with E-state index >= 15 is 0 Å². The van der Waals surface area contributed by atoms with E-state index in [-0.39, 0.29) is 5.92 Å². The topological polar surface area (TPSA) is 17.1 Å². The van der Waals surface area contributed by atoms with Crippen LogP contribution in [0.3, 0.4) is 0 Å². The number of allylic oxidation sites excluding steroid dienone is 2. The summed E-state index contributed by atoms with van der Waals surface area (Å²) in [4.78, 5) is 11.4. The summed E-state index contributed by atoms with van der Waals surface area (Å²) in [5.74, 6) is 0.446. The zero-order chi connectivity index (χ0) is 10.9. The van der Waals surface area contributed by atoms with Gasteiger partial charge < -0.3 is 0 Å². The van der Waals surface area contributed by atoms with Crippen LogP contribution in [0.1, 0.15) is 54.4 Å². The zero-order valence-corrected chi connectivity index (χ0v) is 9.98. The molecule has 0 amide bonds. The van der Waals surface area contributed by atoms with Gasteiger partial charge in [0.15, 0.2) is 5.78 Å². The molecule has 0 aliphatic rings. The van der Waals surface area contributed by atoms with Crippen molar-refractivity contribution in [3.63, 3.8) is 0 Å². The molecule has 0 radical (unpaired) electrons. The number of hydrogen-bond acceptors (Lipinski definition) is 1. The van der Waals surface area contributed by atoms with E-state index in [0.29, 0.717) is 5.78 Å². The second kappa shape index (κ2) is 9.50. The molecule has 0 aliphatic carbocycles. The fourth-order valence-electron chi connectivity index (χ4n) is 1.04. The van der Waals surface area contributed by atoms with Gasteiger partial charge in [-0.3, -0.25) is 4.79 Å². The van der Waals surface area contributed by atoms with Gasteiger partial charge in [0.25, 0.3) is 0 Å². The Hall–Kier alpha value is -0.590. The minimum Gasteiger partial charge on any atom is -0.294 e. The minimum absolute atomic E-state index is 0.146. The van der Waals surface area contributed by atoms with Gasteiger partial charge in [0.1, 0.15) is 0 Å². The van der Waals surface area contributed by atoms with E-state index in [4.69, 9.17) is 0 Å². The van der Waals surface area contributed by atoms with Crippen molar-refractivity contribution >= 4 is 5.78 Å². The third-order valence-electron chi connectivity index (χ3n) is 1.67. The Morgan fingerprint density at radius 3 is 1.92 bits per heavy atom. The highest BCUT2D eigenvalue weighted by atomic mass is 16.1. The molecule has 0 saturated heterocycles. The number of ketones is 1. The lowest BCUT2D eigenvalue weighted by atomic mass is 9.98. The summed E-state index contributed by atoms with van der Waals surface area (Å²) in [7, 11) is 0. The van der Waals surface area contributed by atoms with E-state index in [1.165, 1.54) is 0 Å². The molecule has 0 bridgehead atoms. The summed E-state index contributed by atoms with van der Waals surface area (Å²) in [5, 5.41) is 0. The minimum atomic E-state index is 0.146. The third kappa shape index (κ3) is 6.56. The van der Waals surface area contributed by atoms with Gasteiger partial charge in [-0.25, -0.2) is 0 Å². The second-order valence-electron chi connectivity index (χ2n) is 3.01. The first-order chi connectivity index (χ1) is 6.13. The van der Waals surface area contributed by atoms with Crippen molar-refractivity contribution in [2.24, 2.45) is 5.92 Å². The Labute approximate surface area is 83.2 Å². The molecule has 0 aromatic carbocycles. The highest BCUT2D eigenvalue weighted by molar-refractivity contribution is 5.96.